The van der Waals surface area contributed by atoms with Crippen LogP contribution in [0.3, 0.4) is 0 Å². The number of hydrogen-bond donors (Lipinski definition) is 2. The van der Waals surface area contributed by atoms with E-state index in [0.29, 0.717) is 22.6 Å². The van der Waals surface area contributed by atoms with E-state index in [0.717, 1.165) is 5.69 Å². The van der Waals surface area contributed by atoms with Crippen LogP contribution in [0.25, 0.3) is 0 Å². The number of benzene rings is 3. The van der Waals surface area contributed by atoms with Crippen LogP contribution in [-0.4, -0.2) is 24.3 Å². The van der Waals surface area contributed by atoms with Crippen molar-refractivity contribution in [3.63, 3.8) is 0 Å². The van der Waals surface area contributed by atoms with Crippen LogP contribution in [0.2, 0.25) is 0 Å². The number of methoxy groups -OCH3 is 1. The highest BCUT2D eigenvalue weighted by atomic mass is 16.5. The first-order valence-electron chi connectivity index (χ1n) is 8.43. The van der Waals surface area contributed by atoms with Gasteiger partial charge in [0.25, 0.3) is 5.91 Å². The zero-order chi connectivity index (χ0) is 19.8. The van der Waals surface area contributed by atoms with E-state index in [1.807, 2.05) is 30.3 Å². The van der Waals surface area contributed by atoms with Gasteiger partial charge in [0, 0.05) is 5.56 Å². The Morgan fingerprint density at radius 1 is 0.964 bits per heavy atom. The molecule has 0 bridgehead atoms. The summed E-state index contributed by atoms with van der Waals surface area (Å²) in [5.41, 5.74) is 4.42. The highest BCUT2D eigenvalue weighted by Crippen LogP contribution is 2.24. The maximum atomic E-state index is 12.2. The van der Waals surface area contributed by atoms with Gasteiger partial charge in [0.15, 0.2) is 0 Å². The fourth-order valence-electron chi connectivity index (χ4n) is 2.37. The summed E-state index contributed by atoms with van der Waals surface area (Å²) in [6.45, 7) is 0. The molecule has 0 heterocycles. The standard InChI is InChI=1S/C21H18N4O3/c1-28-20-10-6-5-9-18(20)21(27)25-22-14-15-13-17(11-12-19(15)26)24-23-16-7-3-2-4-8-16/h2-14,26H,1H3,(H,25,27)/b22-14+,24-23?. The predicted molar refractivity (Wildman–Crippen MR) is 107 cm³/mol. The lowest BCUT2D eigenvalue weighted by Crippen LogP contribution is -2.18. The second-order valence-corrected chi connectivity index (χ2v) is 5.68. The van der Waals surface area contributed by atoms with Crippen molar-refractivity contribution in [2.75, 3.05) is 7.11 Å². The van der Waals surface area contributed by atoms with Gasteiger partial charge in [-0.1, -0.05) is 30.3 Å². The number of nitrogens with zero attached hydrogens (tertiary/aromatic N) is 3. The van der Waals surface area contributed by atoms with Crippen LogP contribution in [0.1, 0.15) is 15.9 Å². The third kappa shape index (κ3) is 4.79. The molecule has 0 aliphatic heterocycles. The molecule has 0 aliphatic carbocycles. The molecule has 0 atom stereocenters. The number of nitrogens with one attached hydrogen (secondary N) is 1. The normalized spacial score (nSPS) is 11.0. The van der Waals surface area contributed by atoms with Crippen LogP contribution in [-0.2, 0) is 0 Å². The number of phenolic OH excluding ortho intramolecular Hbond substituents is 1. The van der Waals surface area contributed by atoms with E-state index in [-0.39, 0.29) is 5.75 Å². The number of amides is 1. The number of carbonyl (C=O) groups excluding carboxylic acids is 1. The molecule has 0 spiro atoms. The van der Waals surface area contributed by atoms with E-state index >= 15 is 0 Å². The van der Waals surface area contributed by atoms with Crippen molar-refractivity contribution in [3.05, 3.63) is 83.9 Å². The average molecular weight is 374 g/mol. The van der Waals surface area contributed by atoms with Crippen LogP contribution >= 0.6 is 0 Å². The average Bonchev–Trinajstić information content (AvgIpc) is 2.74. The molecule has 0 unspecified atom stereocenters. The number of hydrazone groups is 1. The van der Waals surface area contributed by atoms with Crippen LogP contribution in [0, 0.1) is 0 Å². The number of ether oxygens (including phenoxy) is 1. The quantitative estimate of drug-likeness (QED) is 0.375. The summed E-state index contributed by atoms with van der Waals surface area (Å²) in [4.78, 5) is 12.2. The zero-order valence-electron chi connectivity index (χ0n) is 15.1. The zero-order valence-corrected chi connectivity index (χ0v) is 15.1. The summed E-state index contributed by atoms with van der Waals surface area (Å²) in [5, 5.41) is 22.2. The highest BCUT2D eigenvalue weighted by Gasteiger charge is 2.10. The smallest absolute Gasteiger partial charge is 0.275 e. The summed E-state index contributed by atoms with van der Waals surface area (Å²) >= 11 is 0. The Morgan fingerprint density at radius 2 is 1.68 bits per heavy atom. The molecule has 28 heavy (non-hydrogen) atoms. The topological polar surface area (TPSA) is 95.6 Å². The lowest BCUT2D eigenvalue weighted by Gasteiger charge is -2.06. The number of aromatic hydroxyl groups is 1. The molecule has 3 aromatic carbocycles. The molecular weight excluding hydrogens is 356 g/mol. The monoisotopic (exact) mass is 374 g/mol. The van der Waals surface area contributed by atoms with E-state index in [2.05, 4.69) is 20.8 Å². The molecular formula is C21H18N4O3. The van der Waals surface area contributed by atoms with E-state index in [1.54, 1.807) is 36.4 Å². The van der Waals surface area contributed by atoms with Gasteiger partial charge in [-0.2, -0.15) is 15.3 Å². The Bertz CT molecular complexity index is 1020. The molecule has 0 saturated heterocycles. The Kier molecular flexibility index (Phi) is 6.10. The fourth-order valence-corrected chi connectivity index (χ4v) is 2.37. The fraction of sp³-hybridized carbons (Fsp3) is 0.0476. The summed E-state index contributed by atoms with van der Waals surface area (Å²) in [5.74, 6) is 0.0310. The molecule has 3 aromatic rings. The Labute approximate surface area is 162 Å². The van der Waals surface area contributed by atoms with Crippen molar-refractivity contribution in [2.45, 2.75) is 0 Å². The number of hydrogen-bond acceptors (Lipinski definition) is 6. The van der Waals surface area contributed by atoms with Crippen molar-refractivity contribution >= 4 is 23.5 Å². The SMILES string of the molecule is COc1ccccc1C(=O)N/N=C/c1cc(N=Nc2ccccc2)ccc1O. The van der Waals surface area contributed by atoms with Gasteiger partial charge in [-0.15, -0.1) is 0 Å². The first-order chi connectivity index (χ1) is 13.7. The van der Waals surface area contributed by atoms with Crippen LogP contribution < -0.4 is 10.2 Å². The number of phenols is 1. The summed E-state index contributed by atoms with van der Waals surface area (Å²) in [7, 11) is 1.49. The molecule has 7 heteroatoms. The third-order valence-electron chi connectivity index (χ3n) is 3.77. The molecule has 2 N–H and O–H groups in total. The highest BCUT2D eigenvalue weighted by molar-refractivity contribution is 5.97. The first kappa shape index (κ1) is 18.8. The van der Waals surface area contributed by atoms with Crippen LogP contribution in [0.5, 0.6) is 11.5 Å². The summed E-state index contributed by atoms with van der Waals surface area (Å²) in [6, 6.07) is 20.8. The minimum Gasteiger partial charge on any atom is -0.507 e. The largest absolute Gasteiger partial charge is 0.507 e. The number of para-hydroxylation sites is 1. The maximum Gasteiger partial charge on any atom is 0.275 e. The Balaban J connectivity index is 1.71. The first-order valence-corrected chi connectivity index (χ1v) is 8.43. The van der Waals surface area contributed by atoms with Gasteiger partial charge in [0.1, 0.15) is 11.5 Å². The Morgan fingerprint density at radius 3 is 2.46 bits per heavy atom. The maximum absolute atomic E-state index is 12.2. The number of azo groups is 1. The molecule has 0 fully saturated rings. The van der Waals surface area contributed by atoms with E-state index in [4.69, 9.17) is 4.74 Å². The minimum atomic E-state index is -0.423. The summed E-state index contributed by atoms with van der Waals surface area (Å²) < 4.78 is 5.15. The van der Waals surface area contributed by atoms with Crippen molar-refractivity contribution < 1.29 is 14.6 Å². The van der Waals surface area contributed by atoms with Gasteiger partial charge in [-0.3, -0.25) is 4.79 Å². The molecule has 1 amide bonds. The Hall–Kier alpha value is -4.00. The molecule has 3 rings (SSSR count). The molecule has 7 nitrogen and oxygen atoms in total. The van der Waals surface area contributed by atoms with Gasteiger partial charge < -0.3 is 9.84 Å². The van der Waals surface area contributed by atoms with Gasteiger partial charge in [-0.05, 0) is 42.5 Å². The number of carbonyl (C=O) groups is 1. The molecule has 0 aromatic heterocycles. The van der Waals surface area contributed by atoms with Gasteiger partial charge >= 0.3 is 0 Å². The second kappa shape index (κ2) is 9.09. The van der Waals surface area contributed by atoms with Gasteiger partial charge in [0.2, 0.25) is 0 Å². The number of rotatable bonds is 6. The molecule has 140 valence electrons. The van der Waals surface area contributed by atoms with Crippen LogP contribution in [0.15, 0.2) is 88.1 Å². The lowest BCUT2D eigenvalue weighted by molar-refractivity contribution is 0.0952. The van der Waals surface area contributed by atoms with E-state index in [1.165, 1.54) is 19.4 Å². The van der Waals surface area contributed by atoms with Crippen molar-refractivity contribution in [3.8, 4) is 11.5 Å². The summed E-state index contributed by atoms with van der Waals surface area (Å²) in [6.07, 6.45) is 1.34. The van der Waals surface area contributed by atoms with Gasteiger partial charge in [-0.25, -0.2) is 5.43 Å². The van der Waals surface area contributed by atoms with Crippen LogP contribution in [0.4, 0.5) is 11.4 Å². The van der Waals surface area contributed by atoms with E-state index in [9.17, 15) is 9.90 Å². The minimum absolute atomic E-state index is 0.00829. The third-order valence-corrected chi connectivity index (χ3v) is 3.77. The lowest BCUT2D eigenvalue weighted by atomic mass is 10.2. The van der Waals surface area contributed by atoms with E-state index < -0.39 is 5.91 Å². The van der Waals surface area contributed by atoms with Crippen molar-refractivity contribution in [1.29, 1.82) is 0 Å². The molecule has 0 aliphatic rings. The predicted octanol–water partition coefficient (Wildman–Crippen LogP) is 4.58. The van der Waals surface area contributed by atoms with Crippen molar-refractivity contribution in [2.24, 2.45) is 15.3 Å². The van der Waals surface area contributed by atoms with Crippen molar-refractivity contribution in [1.82, 2.24) is 5.43 Å². The second-order valence-electron chi connectivity index (χ2n) is 5.68. The molecule has 0 saturated carbocycles. The van der Waals surface area contributed by atoms with Gasteiger partial charge in [0.05, 0.1) is 30.3 Å². The molecule has 0 radical (unpaired) electrons.